The molecular weight excluding hydrogens is 317 g/mol. The monoisotopic (exact) mass is 338 g/mol. The fraction of sp³-hybridized carbons (Fsp3) is 0.692. The third kappa shape index (κ3) is 5.80. The lowest BCUT2D eigenvalue weighted by Gasteiger charge is -2.28. The molecule has 0 spiro atoms. The van der Waals surface area contributed by atoms with Crippen molar-refractivity contribution >= 4 is 14.3 Å². The number of nitrogens with zero attached hydrogens (tertiary/aromatic N) is 2. The zero-order valence-electron chi connectivity index (χ0n) is 13.1. The van der Waals surface area contributed by atoms with Gasteiger partial charge in [0.15, 0.2) is 8.32 Å². The van der Waals surface area contributed by atoms with E-state index in [0.717, 1.165) is 0 Å². The molecule has 5 nitrogen and oxygen atoms in total. The molecule has 0 aromatic carbocycles. The molecule has 0 saturated carbocycles. The van der Waals surface area contributed by atoms with Gasteiger partial charge in [-0.15, -0.1) is 0 Å². The van der Waals surface area contributed by atoms with Gasteiger partial charge in [0.2, 0.25) is 0 Å². The minimum atomic E-state index is -4.45. The molecule has 22 heavy (non-hydrogen) atoms. The van der Waals surface area contributed by atoms with Gasteiger partial charge in [0.1, 0.15) is 11.8 Å². The van der Waals surface area contributed by atoms with E-state index in [9.17, 15) is 18.0 Å². The Labute approximate surface area is 128 Å². The number of esters is 1. The van der Waals surface area contributed by atoms with Crippen LogP contribution >= 0.6 is 0 Å². The molecule has 9 heteroatoms. The summed E-state index contributed by atoms with van der Waals surface area (Å²) >= 11 is 0. The summed E-state index contributed by atoms with van der Waals surface area (Å²) in [7, 11) is -2.34. The number of halogens is 3. The van der Waals surface area contributed by atoms with Gasteiger partial charge in [-0.2, -0.15) is 18.3 Å². The second kappa shape index (κ2) is 7.27. The van der Waals surface area contributed by atoms with E-state index in [2.05, 4.69) is 5.10 Å². The highest BCUT2D eigenvalue weighted by Crippen LogP contribution is 2.28. The maximum Gasteiger partial charge on any atom is 0.413 e. The van der Waals surface area contributed by atoms with Crippen molar-refractivity contribution in [1.29, 1.82) is 0 Å². The van der Waals surface area contributed by atoms with E-state index in [4.69, 9.17) is 9.16 Å². The van der Waals surface area contributed by atoms with Crippen LogP contribution in [0.3, 0.4) is 0 Å². The maximum absolute atomic E-state index is 13.0. The number of alkyl halides is 3. The summed E-state index contributed by atoms with van der Waals surface area (Å²) in [5.41, 5.74) is 0.135. The molecule has 0 aliphatic heterocycles. The molecule has 1 unspecified atom stereocenters. The van der Waals surface area contributed by atoms with Gasteiger partial charge < -0.3 is 9.16 Å². The van der Waals surface area contributed by atoms with Crippen molar-refractivity contribution in [3.8, 4) is 0 Å². The van der Waals surface area contributed by atoms with Gasteiger partial charge in [-0.1, -0.05) is 0 Å². The first-order valence-electron chi connectivity index (χ1n) is 6.98. The molecule has 126 valence electrons. The molecule has 0 fully saturated rings. The van der Waals surface area contributed by atoms with Crippen molar-refractivity contribution in [2.75, 3.05) is 6.61 Å². The normalized spacial score (nSPS) is 14.0. The van der Waals surface area contributed by atoms with Gasteiger partial charge in [0.25, 0.3) is 0 Å². The highest BCUT2D eigenvalue weighted by atomic mass is 28.4. The Morgan fingerprint density at radius 3 is 2.55 bits per heavy atom. The number of hydrogen-bond acceptors (Lipinski definition) is 4. The van der Waals surface area contributed by atoms with Gasteiger partial charge in [0.05, 0.1) is 6.61 Å². The van der Waals surface area contributed by atoms with E-state index < -0.39 is 26.6 Å². The number of carbonyl (C=O) groups excluding carboxylic acids is 1. The molecule has 1 aromatic heterocycles. The Hall–Kier alpha value is -1.35. The zero-order chi connectivity index (χ0) is 17.0. The fourth-order valence-corrected chi connectivity index (χ4v) is 2.95. The van der Waals surface area contributed by atoms with Crippen LogP contribution in [0.2, 0.25) is 19.6 Å². The largest absolute Gasteiger partial charge is 0.461 e. The van der Waals surface area contributed by atoms with Crippen LogP contribution in [0.1, 0.15) is 23.8 Å². The molecule has 0 bridgehead atoms. The van der Waals surface area contributed by atoms with Crippen molar-refractivity contribution in [3.05, 3.63) is 18.0 Å². The first-order chi connectivity index (χ1) is 10.0. The summed E-state index contributed by atoms with van der Waals surface area (Å²) in [6.07, 6.45) is -5.26. The van der Waals surface area contributed by atoms with Crippen LogP contribution in [-0.2, 0) is 15.7 Å². The van der Waals surface area contributed by atoms with E-state index in [1.54, 1.807) is 26.6 Å². The summed E-state index contributed by atoms with van der Waals surface area (Å²) < 4.78 is 50.4. The van der Waals surface area contributed by atoms with Crippen LogP contribution in [0.15, 0.2) is 12.3 Å². The first kappa shape index (κ1) is 18.7. The van der Waals surface area contributed by atoms with E-state index >= 15 is 0 Å². The summed E-state index contributed by atoms with van der Waals surface area (Å²) in [6.45, 7) is 6.86. The minimum absolute atomic E-state index is 0.0736. The Bertz CT molecular complexity index is 497. The lowest BCUT2D eigenvalue weighted by atomic mass is 10.2. The van der Waals surface area contributed by atoms with Crippen LogP contribution in [-0.4, -0.2) is 43.0 Å². The molecule has 0 amide bonds. The third-order valence-corrected chi connectivity index (χ3v) is 3.66. The van der Waals surface area contributed by atoms with Gasteiger partial charge in [-0.05, 0) is 32.6 Å². The maximum atomic E-state index is 13.0. The second-order valence-corrected chi connectivity index (χ2v) is 10.2. The van der Waals surface area contributed by atoms with Crippen molar-refractivity contribution < 1.29 is 27.1 Å². The standard InChI is InChI=1S/C13H21F3N2O3Si/c1-5-20-12(19)10-6-8-17-18(10)9-7-11(13(14,15)16)21-22(2,3)4/h6,8,11H,5,7,9H2,1-4H3. The predicted octanol–water partition coefficient (Wildman–Crippen LogP) is 3.23. The Balaban J connectivity index is 2.78. The Morgan fingerprint density at radius 1 is 1.41 bits per heavy atom. The molecule has 0 radical (unpaired) electrons. The summed E-state index contributed by atoms with van der Waals surface area (Å²) in [4.78, 5) is 11.7. The molecule has 0 saturated heterocycles. The highest BCUT2D eigenvalue weighted by Gasteiger charge is 2.42. The number of carbonyl (C=O) groups is 1. The quantitative estimate of drug-likeness (QED) is 0.566. The van der Waals surface area contributed by atoms with Crippen LogP contribution in [0.25, 0.3) is 0 Å². The molecular formula is C13H21F3N2O3Si. The second-order valence-electron chi connectivity index (χ2n) is 5.71. The van der Waals surface area contributed by atoms with Crippen molar-refractivity contribution in [2.45, 2.75) is 51.8 Å². The van der Waals surface area contributed by atoms with Crippen molar-refractivity contribution in [3.63, 3.8) is 0 Å². The minimum Gasteiger partial charge on any atom is -0.461 e. The average Bonchev–Trinajstić information content (AvgIpc) is 2.80. The van der Waals surface area contributed by atoms with Gasteiger partial charge in [-0.3, -0.25) is 4.68 Å². The number of rotatable bonds is 7. The van der Waals surface area contributed by atoms with Crippen molar-refractivity contribution in [2.24, 2.45) is 0 Å². The lowest BCUT2D eigenvalue weighted by molar-refractivity contribution is -0.200. The SMILES string of the molecule is CCOC(=O)c1ccnn1CCC(O[Si](C)(C)C)C(F)(F)F. The third-order valence-electron chi connectivity index (χ3n) is 2.67. The first-order valence-corrected chi connectivity index (χ1v) is 10.4. The topological polar surface area (TPSA) is 53.3 Å². The smallest absolute Gasteiger partial charge is 0.413 e. The summed E-state index contributed by atoms with van der Waals surface area (Å²) in [5, 5.41) is 3.87. The molecule has 0 aliphatic rings. The molecule has 0 aliphatic carbocycles. The number of aromatic nitrogens is 2. The van der Waals surface area contributed by atoms with Crippen LogP contribution in [0, 0.1) is 0 Å². The highest BCUT2D eigenvalue weighted by molar-refractivity contribution is 6.69. The van der Waals surface area contributed by atoms with E-state index in [-0.39, 0.29) is 25.3 Å². The van der Waals surface area contributed by atoms with Gasteiger partial charge in [0, 0.05) is 19.2 Å². The number of aryl methyl sites for hydroxylation is 1. The Morgan fingerprint density at radius 2 is 2.05 bits per heavy atom. The molecule has 1 atom stereocenters. The van der Waals surface area contributed by atoms with Crippen molar-refractivity contribution in [1.82, 2.24) is 9.78 Å². The zero-order valence-corrected chi connectivity index (χ0v) is 14.1. The molecule has 0 N–H and O–H groups in total. The van der Waals surface area contributed by atoms with Gasteiger partial charge in [-0.25, -0.2) is 4.79 Å². The molecule has 1 rings (SSSR count). The van der Waals surface area contributed by atoms with E-state index in [1.165, 1.54) is 16.9 Å². The Kier molecular flexibility index (Phi) is 6.18. The summed E-state index contributed by atoms with van der Waals surface area (Å²) in [6, 6.07) is 1.42. The molecule has 1 heterocycles. The lowest BCUT2D eigenvalue weighted by Crippen LogP contribution is -2.41. The van der Waals surface area contributed by atoms with E-state index in [1.807, 2.05) is 0 Å². The van der Waals surface area contributed by atoms with Gasteiger partial charge >= 0.3 is 12.1 Å². The number of ether oxygens (including phenoxy) is 1. The predicted molar refractivity (Wildman–Crippen MR) is 77.1 cm³/mol. The average molecular weight is 338 g/mol. The van der Waals surface area contributed by atoms with Crippen LogP contribution in [0.4, 0.5) is 13.2 Å². The number of hydrogen-bond donors (Lipinski definition) is 0. The molecule has 1 aromatic rings. The van der Waals surface area contributed by atoms with Crippen LogP contribution in [0.5, 0.6) is 0 Å². The summed E-state index contributed by atoms with van der Waals surface area (Å²) in [5.74, 6) is -0.602. The van der Waals surface area contributed by atoms with Crippen LogP contribution < -0.4 is 0 Å². The van der Waals surface area contributed by atoms with E-state index in [0.29, 0.717) is 0 Å². The fourth-order valence-electron chi connectivity index (χ4n) is 1.85.